The van der Waals surface area contributed by atoms with E-state index in [-0.39, 0.29) is 17.5 Å². The summed E-state index contributed by atoms with van der Waals surface area (Å²) >= 11 is 0. The fraction of sp³-hybridized carbons (Fsp3) is 0.565. The summed E-state index contributed by atoms with van der Waals surface area (Å²) in [5.41, 5.74) is 3.60. The van der Waals surface area contributed by atoms with Gasteiger partial charge in [-0.15, -0.1) is 0 Å². The standard InChI is InChI=1S/C23H31N5O2S/c1-26(19-10-14-31(29,30)17-19)22-20-16-27(15-18-7-3-2-4-8-18)13-9-21(20)24-23(25-22)28-11-5-6-12-28/h2-4,7-8,19H,5-6,9-17H2,1H3. The molecule has 0 spiro atoms. The molecule has 3 aliphatic heterocycles. The lowest BCUT2D eigenvalue weighted by atomic mass is 10.0. The zero-order chi connectivity index (χ0) is 21.4. The van der Waals surface area contributed by atoms with E-state index in [1.54, 1.807) is 0 Å². The van der Waals surface area contributed by atoms with E-state index < -0.39 is 9.84 Å². The van der Waals surface area contributed by atoms with Crippen LogP contribution in [0.2, 0.25) is 0 Å². The van der Waals surface area contributed by atoms with Crippen molar-refractivity contribution in [2.75, 3.05) is 48.0 Å². The van der Waals surface area contributed by atoms with Gasteiger partial charge >= 0.3 is 0 Å². The van der Waals surface area contributed by atoms with Gasteiger partial charge in [0.1, 0.15) is 5.82 Å². The summed E-state index contributed by atoms with van der Waals surface area (Å²) in [6.07, 6.45) is 3.92. The number of aromatic nitrogens is 2. The first-order chi connectivity index (χ1) is 15.0. The second-order valence-corrected chi connectivity index (χ2v) is 11.3. The maximum absolute atomic E-state index is 12.1. The molecule has 1 atom stereocenters. The topological polar surface area (TPSA) is 69.6 Å². The lowest BCUT2D eigenvalue weighted by Crippen LogP contribution is -2.38. The summed E-state index contributed by atoms with van der Waals surface area (Å²) in [4.78, 5) is 16.8. The van der Waals surface area contributed by atoms with Gasteiger partial charge in [0.15, 0.2) is 9.84 Å². The van der Waals surface area contributed by atoms with Crippen LogP contribution in [0.15, 0.2) is 30.3 Å². The smallest absolute Gasteiger partial charge is 0.227 e. The molecule has 31 heavy (non-hydrogen) atoms. The lowest BCUT2D eigenvalue weighted by Gasteiger charge is -2.34. The molecule has 0 bridgehead atoms. The number of sulfone groups is 1. The fourth-order valence-corrected chi connectivity index (χ4v) is 6.79. The predicted octanol–water partition coefficient (Wildman–Crippen LogP) is 2.26. The monoisotopic (exact) mass is 441 g/mol. The first kappa shape index (κ1) is 20.7. The minimum atomic E-state index is -2.95. The molecule has 0 N–H and O–H groups in total. The first-order valence-corrected chi connectivity index (χ1v) is 13.1. The van der Waals surface area contributed by atoms with Gasteiger partial charge < -0.3 is 9.80 Å². The molecule has 1 aromatic heterocycles. The minimum Gasteiger partial charge on any atom is -0.355 e. The lowest BCUT2D eigenvalue weighted by molar-refractivity contribution is 0.243. The zero-order valence-corrected chi connectivity index (χ0v) is 19.0. The van der Waals surface area contributed by atoms with Gasteiger partial charge in [-0.05, 0) is 24.8 Å². The average Bonchev–Trinajstić information content (AvgIpc) is 3.43. The van der Waals surface area contributed by atoms with Gasteiger partial charge in [-0.1, -0.05) is 30.3 Å². The van der Waals surface area contributed by atoms with Crippen molar-refractivity contribution >= 4 is 21.6 Å². The molecule has 2 aromatic rings. The van der Waals surface area contributed by atoms with Crippen molar-refractivity contribution in [1.82, 2.24) is 14.9 Å². The van der Waals surface area contributed by atoms with Crippen LogP contribution in [0.1, 0.15) is 36.1 Å². The van der Waals surface area contributed by atoms with Crippen LogP contribution in [0, 0.1) is 0 Å². The molecule has 0 amide bonds. The number of hydrogen-bond donors (Lipinski definition) is 0. The third-order valence-electron chi connectivity index (χ3n) is 6.83. The van der Waals surface area contributed by atoms with Gasteiger partial charge in [0.05, 0.1) is 17.2 Å². The molecule has 3 aliphatic rings. The Bertz CT molecular complexity index is 1040. The number of rotatable bonds is 5. The summed E-state index contributed by atoms with van der Waals surface area (Å²) in [7, 11) is -0.941. The van der Waals surface area contributed by atoms with Gasteiger partial charge in [-0.3, -0.25) is 4.90 Å². The second-order valence-electron chi connectivity index (χ2n) is 9.08. The van der Waals surface area contributed by atoms with Gasteiger partial charge in [0, 0.05) is 57.8 Å². The SMILES string of the molecule is CN(c1nc(N2CCCC2)nc2c1CN(Cc1ccccc1)CC2)C1CCS(=O)(=O)C1. The highest BCUT2D eigenvalue weighted by molar-refractivity contribution is 7.91. The number of nitrogens with zero attached hydrogens (tertiary/aromatic N) is 5. The summed E-state index contributed by atoms with van der Waals surface area (Å²) in [6, 6.07) is 10.5. The van der Waals surface area contributed by atoms with Crippen LogP contribution in [-0.2, 0) is 29.3 Å². The molecule has 1 aromatic carbocycles. The molecule has 4 heterocycles. The van der Waals surface area contributed by atoms with Gasteiger partial charge in [-0.2, -0.15) is 4.98 Å². The van der Waals surface area contributed by atoms with E-state index in [9.17, 15) is 8.42 Å². The molecule has 5 rings (SSSR count). The number of hydrogen-bond acceptors (Lipinski definition) is 7. The Morgan fingerprint density at radius 2 is 1.87 bits per heavy atom. The Labute approximate surface area is 185 Å². The van der Waals surface area contributed by atoms with E-state index in [4.69, 9.17) is 9.97 Å². The van der Waals surface area contributed by atoms with Crippen LogP contribution in [-0.4, -0.2) is 67.5 Å². The quantitative estimate of drug-likeness (QED) is 0.705. The van der Waals surface area contributed by atoms with Crippen LogP contribution in [0.5, 0.6) is 0 Å². The molecule has 166 valence electrons. The van der Waals surface area contributed by atoms with Crippen molar-refractivity contribution in [1.29, 1.82) is 0 Å². The van der Waals surface area contributed by atoms with Crippen molar-refractivity contribution in [2.24, 2.45) is 0 Å². The van der Waals surface area contributed by atoms with Crippen molar-refractivity contribution in [3.05, 3.63) is 47.2 Å². The number of benzene rings is 1. The van der Waals surface area contributed by atoms with E-state index in [0.717, 1.165) is 62.2 Å². The number of anilines is 2. The highest BCUT2D eigenvalue weighted by Gasteiger charge is 2.34. The molecule has 7 nitrogen and oxygen atoms in total. The van der Waals surface area contributed by atoms with Crippen molar-refractivity contribution in [2.45, 2.75) is 44.8 Å². The van der Waals surface area contributed by atoms with E-state index in [0.29, 0.717) is 6.42 Å². The molecule has 2 fully saturated rings. The highest BCUT2D eigenvalue weighted by Crippen LogP contribution is 2.32. The van der Waals surface area contributed by atoms with Gasteiger partial charge in [0.2, 0.25) is 5.95 Å². The Morgan fingerprint density at radius 1 is 1.10 bits per heavy atom. The van der Waals surface area contributed by atoms with Crippen LogP contribution < -0.4 is 9.80 Å². The predicted molar refractivity (Wildman–Crippen MR) is 123 cm³/mol. The normalized spacial score (nSPS) is 23.1. The third-order valence-corrected chi connectivity index (χ3v) is 8.58. The van der Waals surface area contributed by atoms with Crippen molar-refractivity contribution in [3.63, 3.8) is 0 Å². The molecule has 0 radical (unpaired) electrons. The van der Waals surface area contributed by atoms with E-state index in [1.165, 1.54) is 18.4 Å². The molecule has 0 saturated carbocycles. The largest absolute Gasteiger partial charge is 0.355 e. The molecule has 8 heteroatoms. The van der Waals surface area contributed by atoms with Crippen LogP contribution in [0.3, 0.4) is 0 Å². The molecular weight excluding hydrogens is 410 g/mol. The van der Waals surface area contributed by atoms with Gasteiger partial charge in [-0.25, -0.2) is 13.4 Å². The second kappa shape index (κ2) is 8.39. The van der Waals surface area contributed by atoms with Crippen LogP contribution >= 0.6 is 0 Å². The van der Waals surface area contributed by atoms with E-state index >= 15 is 0 Å². The summed E-state index contributed by atoms with van der Waals surface area (Å²) in [6.45, 7) is 4.66. The summed E-state index contributed by atoms with van der Waals surface area (Å²) in [5.74, 6) is 2.23. The molecule has 2 saturated heterocycles. The van der Waals surface area contributed by atoms with Crippen LogP contribution in [0.4, 0.5) is 11.8 Å². The average molecular weight is 442 g/mol. The Kier molecular flexibility index (Phi) is 5.60. The summed E-state index contributed by atoms with van der Waals surface area (Å²) in [5, 5.41) is 0. The highest BCUT2D eigenvalue weighted by atomic mass is 32.2. The zero-order valence-electron chi connectivity index (χ0n) is 18.2. The maximum Gasteiger partial charge on any atom is 0.227 e. The molecule has 0 aliphatic carbocycles. The van der Waals surface area contributed by atoms with Gasteiger partial charge in [0.25, 0.3) is 0 Å². The Balaban J connectivity index is 1.46. The number of fused-ring (bicyclic) bond motifs is 1. The maximum atomic E-state index is 12.1. The summed E-state index contributed by atoms with van der Waals surface area (Å²) < 4.78 is 24.2. The fourth-order valence-electron chi connectivity index (χ4n) is 5.02. The first-order valence-electron chi connectivity index (χ1n) is 11.3. The van der Waals surface area contributed by atoms with E-state index in [2.05, 4.69) is 39.0 Å². The Hall–Kier alpha value is -2.19. The molecule has 1 unspecified atom stereocenters. The molecular formula is C23H31N5O2S. The van der Waals surface area contributed by atoms with Crippen LogP contribution in [0.25, 0.3) is 0 Å². The minimum absolute atomic E-state index is 0.0140. The van der Waals surface area contributed by atoms with E-state index in [1.807, 2.05) is 13.1 Å². The third kappa shape index (κ3) is 4.41. The van der Waals surface area contributed by atoms with Crippen molar-refractivity contribution < 1.29 is 8.42 Å². The van der Waals surface area contributed by atoms with Crippen molar-refractivity contribution in [3.8, 4) is 0 Å². The Morgan fingerprint density at radius 3 is 2.58 bits per heavy atom.